The van der Waals surface area contributed by atoms with E-state index >= 15 is 0 Å². The molecule has 0 aliphatic carbocycles. The van der Waals surface area contributed by atoms with Crippen LogP contribution < -0.4 is 10.6 Å². The number of piperidine rings is 1. The van der Waals surface area contributed by atoms with Gasteiger partial charge in [-0.25, -0.2) is 4.79 Å². The molecule has 7 nitrogen and oxygen atoms in total. The van der Waals surface area contributed by atoms with Gasteiger partial charge in [0.2, 0.25) is 12.3 Å². The van der Waals surface area contributed by atoms with Crippen molar-refractivity contribution >= 4 is 29.2 Å². The minimum Gasteiger partial charge on any atom is -0.477 e. The normalized spacial score (nSPS) is 15.4. The van der Waals surface area contributed by atoms with Crippen LogP contribution in [0.4, 0.5) is 8.78 Å². The summed E-state index contributed by atoms with van der Waals surface area (Å²) in [5.41, 5.74) is 5.54. The number of aryl methyl sites for hydroxylation is 1. The number of imide groups is 1. The average Bonchev–Trinajstić information content (AvgIpc) is 3.10. The number of carboxylic acids is 1. The Labute approximate surface area is 198 Å². The van der Waals surface area contributed by atoms with Gasteiger partial charge in [0.15, 0.2) is 0 Å². The topological polar surface area (TPSA) is 100 Å². The predicted octanol–water partition coefficient (Wildman–Crippen LogP) is 4.09. The van der Waals surface area contributed by atoms with E-state index < -0.39 is 11.9 Å². The number of nitrogens with zero attached hydrogens (tertiary/aromatic N) is 1. The third-order valence-corrected chi connectivity index (χ3v) is 6.42. The first-order valence-electron chi connectivity index (χ1n) is 11.7. The van der Waals surface area contributed by atoms with E-state index in [1.54, 1.807) is 0 Å². The number of nitrogens with one attached hydrogen (secondary N) is 2. The highest BCUT2D eigenvalue weighted by Crippen LogP contribution is 2.39. The van der Waals surface area contributed by atoms with E-state index in [0.29, 0.717) is 25.7 Å². The number of halogens is 2. The van der Waals surface area contributed by atoms with Crippen molar-refractivity contribution in [2.24, 2.45) is 7.05 Å². The number of rotatable bonds is 8. The summed E-state index contributed by atoms with van der Waals surface area (Å²) in [5, 5.41) is 14.5. The molecule has 0 spiro atoms. The largest absolute Gasteiger partial charge is 0.477 e. The molecular weight excluding hydrogens is 444 g/mol. The van der Waals surface area contributed by atoms with E-state index in [9.17, 15) is 23.2 Å². The number of hydrogen-bond donors (Lipinski definition) is 3. The summed E-state index contributed by atoms with van der Waals surface area (Å²) in [6.45, 7) is 6.89. The van der Waals surface area contributed by atoms with Gasteiger partial charge in [0.25, 0.3) is 0 Å². The van der Waals surface area contributed by atoms with Crippen LogP contribution in [-0.2, 0) is 27.9 Å². The number of aromatic nitrogens is 1. The summed E-state index contributed by atoms with van der Waals surface area (Å²) in [6.07, 6.45) is 4.91. The van der Waals surface area contributed by atoms with Gasteiger partial charge in [0.1, 0.15) is 0 Å². The van der Waals surface area contributed by atoms with Gasteiger partial charge in [0.05, 0.1) is 5.52 Å². The molecule has 0 radical (unpaired) electrons. The number of carbonyl (C=O) groups excluding carboxylic acids is 2. The second-order valence-corrected chi connectivity index (χ2v) is 8.86. The minimum absolute atomic E-state index is 0.203. The molecule has 1 unspecified atom stereocenters. The molecule has 1 saturated heterocycles. The molecule has 188 valence electrons. The van der Waals surface area contributed by atoms with Crippen LogP contribution in [0, 0.1) is 0 Å². The first-order valence-corrected chi connectivity index (χ1v) is 11.7. The number of hydrogen-bond acceptors (Lipinski definition) is 4. The van der Waals surface area contributed by atoms with Crippen LogP contribution in [0.5, 0.6) is 0 Å². The maximum absolute atomic E-state index is 11.7. The van der Waals surface area contributed by atoms with Crippen molar-refractivity contribution < 1.29 is 28.3 Å². The fraction of sp³-hybridized carbons (Fsp3) is 0.560. The molecule has 2 heterocycles. The number of para-hydroxylation sites is 1. The summed E-state index contributed by atoms with van der Waals surface area (Å²) < 4.78 is 24.9. The van der Waals surface area contributed by atoms with E-state index in [1.807, 2.05) is 0 Å². The third-order valence-electron chi connectivity index (χ3n) is 6.42. The zero-order valence-electron chi connectivity index (χ0n) is 20.3. The van der Waals surface area contributed by atoms with Crippen molar-refractivity contribution in [1.82, 2.24) is 15.2 Å². The molecule has 9 heteroatoms. The van der Waals surface area contributed by atoms with Gasteiger partial charge in [-0.15, -0.1) is 0 Å². The van der Waals surface area contributed by atoms with Crippen LogP contribution in [0.1, 0.15) is 75.1 Å². The minimum atomic E-state index is -3.58. The molecule has 1 fully saturated rings. The van der Waals surface area contributed by atoms with Gasteiger partial charge in [-0.3, -0.25) is 14.9 Å². The number of fused-ring (bicyclic) bond motifs is 1. The summed E-state index contributed by atoms with van der Waals surface area (Å²) in [7, 11) is 2.18. The van der Waals surface area contributed by atoms with E-state index in [4.69, 9.17) is 5.11 Å². The van der Waals surface area contributed by atoms with E-state index in [2.05, 4.69) is 54.3 Å². The van der Waals surface area contributed by atoms with Crippen LogP contribution in [0.2, 0.25) is 0 Å². The van der Waals surface area contributed by atoms with Gasteiger partial charge in [0, 0.05) is 31.5 Å². The molecule has 2 aromatic rings. The Morgan fingerprint density at radius 2 is 1.94 bits per heavy atom. The van der Waals surface area contributed by atoms with Gasteiger partial charge < -0.3 is 15.0 Å². The molecule has 3 N–H and O–H groups in total. The Hall–Kier alpha value is -2.81. The quantitative estimate of drug-likeness (QED) is 0.495. The van der Waals surface area contributed by atoms with Crippen molar-refractivity contribution in [1.29, 1.82) is 0 Å². The number of carbonyl (C=O) groups is 3. The highest BCUT2D eigenvalue weighted by atomic mass is 19.3. The Kier molecular flexibility index (Phi) is 9.73. The zero-order chi connectivity index (χ0) is 25.5. The number of carboxylic acid groups (broad SMARTS) is 1. The lowest BCUT2D eigenvalue weighted by atomic mass is 9.87. The first-order chi connectivity index (χ1) is 16.0. The zero-order valence-corrected chi connectivity index (χ0v) is 20.3. The average molecular weight is 480 g/mol. The highest BCUT2D eigenvalue weighted by Gasteiger charge is 2.31. The maximum atomic E-state index is 11.7. The summed E-state index contributed by atoms with van der Waals surface area (Å²) >= 11 is 0. The number of benzene rings is 1. The van der Waals surface area contributed by atoms with E-state index in [-0.39, 0.29) is 11.8 Å². The second-order valence-electron chi connectivity index (χ2n) is 8.86. The summed E-state index contributed by atoms with van der Waals surface area (Å²) in [5.74, 6) is -5.00. The summed E-state index contributed by atoms with van der Waals surface area (Å²) in [4.78, 5) is 31.4. The Morgan fingerprint density at radius 1 is 1.32 bits per heavy atom. The van der Waals surface area contributed by atoms with Crippen LogP contribution in [0.3, 0.4) is 0 Å². The van der Waals surface area contributed by atoms with Crippen LogP contribution in [-0.4, -0.2) is 47.0 Å². The van der Waals surface area contributed by atoms with E-state index in [1.165, 1.54) is 40.6 Å². The van der Waals surface area contributed by atoms with Crippen molar-refractivity contribution in [3.8, 4) is 0 Å². The Bertz CT molecular complexity index is 1010. The molecule has 0 bridgehead atoms. The van der Waals surface area contributed by atoms with Crippen LogP contribution in [0.25, 0.3) is 10.9 Å². The van der Waals surface area contributed by atoms with Gasteiger partial charge in [-0.05, 0) is 61.7 Å². The number of amides is 2. The predicted molar refractivity (Wildman–Crippen MR) is 127 cm³/mol. The number of aliphatic carboxylic acids is 1. The van der Waals surface area contributed by atoms with Crippen LogP contribution >= 0.6 is 0 Å². The molecule has 1 aliphatic rings. The SMILES string of the molecule is CC(F)(F)C(=O)O.CCc1c(C(C)CCC(=O)NC=O)c2cccc(C3CCNCC3)c2n1C. The van der Waals surface area contributed by atoms with Crippen LogP contribution in [0.15, 0.2) is 18.2 Å². The lowest BCUT2D eigenvalue weighted by molar-refractivity contribution is -0.161. The molecule has 34 heavy (non-hydrogen) atoms. The molecule has 0 saturated carbocycles. The standard InChI is InChI=1S/C22H31N3O2.C3H4F2O2/c1-4-19-21(15(2)8-9-20(27)24-14-26)18-7-5-6-17(22(18)25(19)3)16-10-12-23-13-11-16;1-3(4,5)2(6)7/h5-7,14-16,23H,4,8-13H2,1-3H3,(H,24,26,27);1H3,(H,6,7). The van der Waals surface area contributed by atoms with Gasteiger partial charge in [-0.2, -0.15) is 8.78 Å². The first kappa shape index (κ1) is 27.4. The number of alkyl halides is 2. The van der Waals surface area contributed by atoms with E-state index in [0.717, 1.165) is 25.9 Å². The Morgan fingerprint density at radius 3 is 2.47 bits per heavy atom. The molecule has 1 aromatic heterocycles. The van der Waals surface area contributed by atoms with Crippen molar-refractivity contribution in [2.45, 2.75) is 70.6 Å². The van der Waals surface area contributed by atoms with Crippen molar-refractivity contribution in [3.05, 3.63) is 35.0 Å². The summed E-state index contributed by atoms with van der Waals surface area (Å²) in [6, 6.07) is 6.72. The molecule has 1 aromatic carbocycles. The maximum Gasteiger partial charge on any atom is 0.374 e. The van der Waals surface area contributed by atoms with Gasteiger partial charge >= 0.3 is 11.9 Å². The molecular formula is C25H35F2N3O4. The fourth-order valence-electron chi connectivity index (χ4n) is 4.69. The molecule has 1 aliphatic heterocycles. The highest BCUT2D eigenvalue weighted by molar-refractivity contribution is 5.90. The second kappa shape index (κ2) is 12.1. The van der Waals surface area contributed by atoms with Gasteiger partial charge in [-0.1, -0.05) is 32.0 Å². The fourth-order valence-corrected chi connectivity index (χ4v) is 4.69. The lowest BCUT2D eigenvalue weighted by Crippen LogP contribution is -2.26. The lowest BCUT2D eigenvalue weighted by Gasteiger charge is -2.24. The van der Waals surface area contributed by atoms with Crippen molar-refractivity contribution in [3.63, 3.8) is 0 Å². The smallest absolute Gasteiger partial charge is 0.374 e. The molecule has 3 rings (SSSR count). The van der Waals surface area contributed by atoms with Crippen molar-refractivity contribution in [2.75, 3.05) is 13.1 Å². The third kappa shape index (κ3) is 6.62. The molecule has 2 amide bonds. The molecule has 1 atom stereocenters. The Balaban J connectivity index is 0.000000509. The monoisotopic (exact) mass is 479 g/mol.